The van der Waals surface area contributed by atoms with Crippen molar-refractivity contribution in [1.82, 2.24) is 10.6 Å². The highest BCUT2D eigenvalue weighted by atomic mass is 16.6. The fraction of sp³-hybridized carbons (Fsp3) is 0.857. The van der Waals surface area contributed by atoms with E-state index in [0.29, 0.717) is 38.0 Å². The average Bonchev–Trinajstić information content (AvgIpc) is 2.89. The van der Waals surface area contributed by atoms with Gasteiger partial charge in [-0.3, -0.25) is 9.59 Å². The van der Waals surface area contributed by atoms with Crippen LogP contribution in [0.2, 0.25) is 0 Å². The molecule has 2 amide bonds. The van der Waals surface area contributed by atoms with Gasteiger partial charge in [0.25, 0.3) is 0 Å². The third kappa shape index (κ3) is 16.3. The molecule has 0 aromatic rings. The van der Waals surface area contributed by atoms with Gasteiger partial charge in [-0.05, 0) is 64.2 Å². The van der Waals surface area contributed by atoms with Gasteiger partial charge in [-0.25, -0.2) is 9.59 Å². The maximum atomic E-state index is 12.0. The summed E-state index contributed by atoms with van der Waals surface area (Å²) in [7, 11) is 0. The predicted molar refractivity (Wildman–Crippen MR) is 144 cm³/mol. The molecular weight excluding hydrogens is 492 g/mol. The molecule has 1 aliphatic carbocycles. The van der Waals surface area contributed by atoms with Crippen LogP contribution in [0.15, 0.2) is 0 Å². The Morgan fingerprint density at radius 2 is 1.26 bits per heavy atom. The smallest absolute Gasteiger partial charge is 0.407 e. The fourth-order valence-corrected chi connectivity index (χ4v) is 4.37. The summed E-state index contributed by atoms with van der Waals surface area (Å²) in [5.74, 6) is -0.357. The van der Waals surface area contributed by atoms with Crippen LogP contribution in [0, 0.1) is 17.3 Å². The standard InChI is InChI=1S/C28H50N2O8/c1-4-28(2,3)25(33)36-17-18-38-27(35)30-21-23-14-12-13-22(19-23)20-29-26(34)37-16-11-9-7-5-6-8-10-15-24(31)32/h22-23H,4-21H2,1-3H3,(H,29,34)(H,30,35)(H,31,32). The van der Waals surface area contributed by atoms with Crippen molar-refractivity contribution < 1.29 is 38.5 Å². The van der Waals surface area contributed by atoms with Gasteiger partial charge >= 0.3 is 24.1 Å². The zero-order chi connectivity index (χ0) is 28.2. The first-order valence-electron chi connectivity index (χ1n) is 14.3. The molecule has 10 heteroatoms. The van der Waals surface area contributed by atoms with E-state index in [2.05, 4.69) is 10.6 Å². The van der Waals surface area contributed by atoms with Gasteiger partial charge < -0.3 is 30.0 Å². The van der Waals surface area contributed by atoms with Crippen LogP contribution in [0.25, 0.3) is 0 Å². The number of carboxylic acids is 1. The van der Waals surface area contributed by atoms with Gasteiger partial charge in [-0.2, -0.15) is 0 Å². The number of hydrogen-bond donors (Lipinski definition) is 3. The SMILES string of the molecule is CCC(C)(C)C(=O)OCCOC(=O)NCC1CCCC(CNC(=O)OCCCCCCCCCC(=O)O)C1. The minimum Gasteiger partial charge on any atom is -0.481 e. The molecule has 0 heterocycles. The molecular formula is C28H50N2O8. The van der Waals surface area contributed by atoms with Gasteiger partial charge in [0.1, 0.15) is 13.2 Å². The maximum Gasteiger partial charge on any atom is 0.407 e. The molecule has 1 saturated carbocycles. The van der Waals surface area contributed by atoms with Crippen LogP contribution in [-0.2, 0) is 23.8 Å². The lowest BCUT2D eigenvalue weighted by Crippen LogP contribution is -2.36. The highest BCUT2D eigenvalue weighted by molar-refractivity contribution is 5.75. The number of carbonyl (C=O) groups is 4. The predicted octanol–water partition coefficient (Wildman–Crippen LogP) is 5.43. The summed E-state index contributed by atoms with van der Waals surface area (Å²) in [5, 5.41) is 14.3. The van der Waals surface area contributed by atoms with Gasteiger partial charge in [0.15, 0.2) is 0 Å². The summed E-state index contributed by atoms with van der Waals surface area (Å²) in [6.07, 6.45) is 10.7. The molecule has 3 N–H and O–H groups in total. The normalized spacial score (nSPS) is 17.3. The zero-order valence-electron chi connectivity index (χ0n) is 23.7. The lowest BCUT2D eigenvalue weighted by Gasteiger charge is -2.29. The zero-order valence-corrected chi connectivity index (χ0v) is 23.7. The molecule has 38 heavy (non-hydrogen) atoms. The minimum atomic E-state index is -0.733. The molecule has 0 aliphatic heterocycles. The number of rotatable bonds is 19. The summed E-state index contributed by atoms with van der Waals surface area (Å²) in [5.41, 5.74) is -0.543. The number of alkyl carbamates (subject to hydrolysis) is 2. The summed E-state index contributed by atoms with van der Waals surface area (Å²) >= 11 is 0. The van der Waals surface area contributed by atoms with Gasteiger partial charge in [0, 0.05) is 19.5 Å². The van der Waals surface area contributed by atoms with Crippen molar-refractivity contribution in [2.24, 2.45) is 17.3 Å². The highest BCUT2D eigenvalue weighted by Crippen LogP contribution is 2.28. The van der Waals surface area contributed by atoms with Crippen LogP contribution in [-0.4, -0.2) is 62.1 Å². The van der Waals surface area contributed by atoms with Crippen molar-refractivity contribution in [3.63, 3.8) is 0 Å². The lowest BCUT2D eigenvalue weighted by molar-refractivity contribution is -0.155. The molecule has 0 aromatic carbocycles. The Balaban J connectivity index is 2.05. The van der Waals surface area contributed by atoms with Crippen molar-refractivity contribution in [3.05, 3.63) is 0 Å². The molecule has 1 fully saturated rings. The van der Waals surface area contributed by atoms with E-state index in [0.717, 1.165) is 70.6 Å². The largest absolute Gasteiger partial charge is 0.481 e. The number of nitrogens with one attached hydrogen (secondary N) is 2. The first-order valence-corrected chi connectivity index (χ1v) is 14.3. The van der Waals surface area contributed by atoms with Crippen molar-refractivity contribution in [2.75, 3.05) is 32.9 Å². The van der Waals surface area contributed by atoms with Crippen LogP contribution >= 0.6 is 0 Å². The van der Waals surface area contributed by atoms with E-state index in [9.17, 15) is 19.2 Å². The Bertz CT molecular complexity index is 713. The molecule has 1 rings (SSSR count). The monoisotopic (exact) mass is 542 g/mol. The Hall–Kier alpha value is -2.52. The van der Waals surface area contributed by atoms with Gasteiger partial charge in [0.05, 0.1) is 12.0 Å². The summed E-state index contributed by atoms with van der Waals surface area (Å²) in [6.45, 7) is 7.10. The van der Waals surface area contributed by atoms with E-state index in [1.165, 1.54) is 0 Å². The number of aliphatic carboxylic acids is 1. The van der Waals surface area contributed by atoms with E-state index in [-0.39, 0.29) is 31.7 Å². The fourth-order valence-electron chi connectivity index (χ4n) is 4.37. The molecule has 0 radical (unpaired) electrons. The molecule has 10 nitrogen and oxygen atoms in total. The first-order chi connectivity index (χ1) is 18.1. The number of ether oxygens (including phenoxy) is 3. The number of unbranched alkanes of at least 4 members (excludes halogenated alkanes) is 6. The Kier molecular flexibility index (Phi) is 17.2. The Morgan fingerprint density at radius 3 is 1.82 bits per heavy atom. The third-order valence-corrected chi connectivity index (χ3v) is 7.22. The minimum absolute atomic E-state index is 0.0191. The number of hydrogen-bond acceptors (Lipinski definition) is 7. The van der Waals surface area contributed by atoms with Crippen LogP contribution in [0.3, 0.4) is 0 Å². The molecule has 220 valence electrons. The summed E-state index contributed by atoms with van der Waals surface area (Å²) < 4.78 is 15.5. The quantitative estimate of drug-likeness (QED) is 0.111. The molecule has 2 unspecified atom stereocenters. The summed E-state index contributed by atoms with van der Waals surface area (Å²) in [4.78, 5) is 46.3. The van der Waals surface area contributed by atoms with Crippen molar-refractivity contribution >= 4 is 24.1 Å². The topological polar surface area (TPSA) is 140 Å². The number of esters is 1. The van der Waals surface area contributed by atoms with E-state index < -0.39 is 17.5 Å². The summed E-state index contributed by atoms with van der Waals surface area (Å²) in [6, 6.07) is 0. The van der Waals surface area contributed by atoms with E-state index in [1.807, 2.05) is 20.8 Å². The van der Waals surface area contributed by atoms with Crippen LogP contribution in [0.5, 0.6) is 0 Å². The number of amides is 2. The lowest BCUT2D eigenvalue weighted by atomic mass is 9.81. The molecule has 0 aromatic heterocycles. The average molecular weight is 543 g/mol. The van der Waals surface area contributed by atoms with E-state index in [1.54, 1.807) is 0 Å². The molecule has 0 bridgehead atoms. The van der Waals surface area contributed by atoms with Crippen LogP contribution in [0.1, 0.15) is 104 Å². The van der Waals surface area contributed by atoms with E-state index >= 15 is 0 Å². The molecule has 0 saturated heterocycles. The maximum absolute atomic E-state index is 12.0. The van der Waals surface area contributed by atoms with Gasteiger partial charge in [-0.1, -0.05) is 45.4 Å². The molecule has 2 atom stereocenters. The second kappa shape index (κ2) is 19.5. The van der Waals surface area contributed by atoms with Crippen molar-refractivity contribution in [2.45, 2.75) is 104 Å². The number of carboxylic acid groups (broad SMARTS) is 1. The Morgan fingerprint density at radius 1 is 0.763 bits per heavy atom. The first kappa shape index (κ1) is 33.5. The van der Waals surface area contributed by atoms with E-state index in [4.69, 9.17) is 19.3 Å². The second-order valence-electron chi connectivity index (χ2n) is 10.9. The van der Waals surface area contributed by atoms with Crippen LogP contribution in [0.4, 0.5) is 9.59 Å². The Labute approximate surface area is 227 Å². The van der Waals surface area contributed by atoms with Crippen LogP contribution < -0.4 is 10.6 Å². The number of carbonyl (C=O) groups excluding carboxylic acids is 3. The van der Waals surface area contributed by atoms with Gasteiger partial charge in [0.2, 0.25) is 0 Å². The van der Waals surface area contributed by atoms with Gasteiger partial charge in [-0.15, -0.1) is 0 Å². The van der Waals surface area contributed by atoms with Crippen molar-refractivity contribution in [1.29, 1.82) is 0 Å². The third-order valence-electron chi connectivity index (χ3n) is 7.22. The highest BCUT2D eigenvalue weighted by Gasteiger charge is 2.27. The molecule has 1 aliphatic rings. The van der Waals surface area contributed by atoms with Crippen molar-refractivity contribution in [3.8, 4) is 0 Å². The second-order valence-corrected chi connectivity index (χ2v) is 10.9. The molecule has 0 spiro atoms.